The minimum absolute atomic E-state index is 0. The number of rotatable bonds is 0. The molecule has 0 aliphatic rings. The maximum atomic E-state index is 11.1. The third-order valence-corrected chi connectivity index (χ3v) is 1.80. The Labute approximate surface area is 70.6 Å². The summed E-state index contributed by atoms with van der Waals surface area (Å²) in [4.78, 5) is 18.0. The fourth-order valence-corrected chi connectivity index (χ4v) is 1.13. The summed E-state index contributed by atoms with van der Waals surface area (Å²) in [5, 5.41) is 0. The predicted molar refractivity (Wildman–Crippen MR) is 49.2 cm³/mol. The van der Waals surface area contributed by atoms with Gasteiger partial charge < -0.3 is 4.98 Å². The van der Waals surface area contributed by atoms with E-state index in [2.05, 4.69) is 9.97 Å². The molecule has 0 saturated heterocycles. The van der Waals surface area contributed by atoms with E-state index in [0.29, 0.717) is 5.56 Å². The molecule has 0 aliphatic carbocycles. The van der Waals surface area contributed by atoms with E-state index in [9.17, 15) is 4.79 Å². The highest BCUT2D eigenvalue weighted by Crippen LogP contribution is 2.05. The summed E-state index contributed by atoms with van der Waals surface area (Å²) in [5.74, 6) is 0. The van der Waals surface area contributed by atoms with Gasteiger partial charge in [0.1, 0.15) is 0 Å². The first-order chi connectivity index (χ1) is 5.77. The van der Waals surface area contributed by atoms with E-state index in [1.807, 2.05) is 6.07 Å². The minimum Gasteiger partial charge on any atom is -0.320 e. The molecule has 2 heterocycles. The van der Waals surface area contributed by atoms with E-state index >= 15 is 0 Å². The van der Waals surface area contributed by atoms with Crippen molar-refractivity contribution in [3.05, 3.63) is 40.3 Å². The maximum Gasteiger partial charge on any atom is 0.251 e. The molecule has 0 radical (unpaired) electrons. The van der Waals surface area contributed by atoms with Gasteiger partial charge >= 0.3 is 0 Å². The van der Waals surface area contributed by atoms with E-state index in [1.165, 1.54) is 0 Å². The third-order valence-electron chi connectivity index (χ3n) is 1.80. The van der Waals surface area contributed by atoms with E-state index in [1.54, 1.807) is 25.3 Å². The second-order valence-corrected chi connectivity index (χ2v) is 2.72. The molecular weight excluding hydrogens is 152 g/mol. The summed E-state index contributed by atoms with van der Waals surface area (Å²) >= 11 is 0. The highest BCUT2D eigenvalue weighted by atomic mass is 16.1. The lowest BCUT2D eigenvalue weighted by Crippen LogP contribution is -2.08. The molecule has 0 fully saturated rings. The molecular formula is C9H10N2O. The Kier molecular flexibility index (Phi) is 1.43. The number of nitrogens with one attached hydrogen (secondary N) is 1. The Hall–Kier alpha value is -1.64. The van der Waals surface area contributed by atoms with Crippen LogP contribution in [0, 0.1) is 6.92 Å². The molecule has 0 atom stereocenters. The van der Waals surface area contributed by atoms with Crippen molar-refractivity contribution in [2.75, 3.05) is 0 Å². The van der Waals surface area contributed by atoms with Crippen LogP contribution in [0.25, 0.3) is 11.0 Å². The average Bonchev–Trinajstić information content (AvgIpc) is 2.07. The highest BCUT2D eigenvalue weighted by Gasteiger charge is 1.96. The summed E-state index contributed by atoms with van der Waals surface area (Å²) < 4.78 is 0. The molecule has 3 nitrogen and oxygen atoms in total. The second-order valence-electron chi connectivity index (χ2n) is 2.72. The zero-order chi connectivity index (χ0) is 8.55. The summed E-state index contributed by atoms with van der Waals surface area (Å²) in [6.07, 6.45) is 1.71. The molecule has 0 bridgehead atoms. The van der Waals surface area contributed by atoms with Crippen LogP contribution in [0.4, 0.5) is 0 Å². The third kappa shape index (κ3) is 0.993. The SMILES string of the molecule is Cc1cc2ncccc2[nH]c1=O.[HH]. The Morgan fingerprint density at radius 3 is 3.25 bits per heavy atom. The van der Waals surface area contributed by atoms with Crippen LogP contribution in [0.1, 0.15) is 6.99 Å². The van der Waals surface area contributed by atoms with Gasteiger partial charge in [0, 0.05) is 13.2 Å². The van der Waals surface area contributed by atoms with Gasteiger partial charge in [-0.15, -0.1) is 0 Å². The molecule has 0 saturated carbocycles. The lowest BCUT2D eigenvalue weighted by atomic mass is 10.2. The maximum absolute atomic E-state index is 11.1. The molecule has 62 valence electrons. The number of H-pyrrole nitrogens is 1. The summed E-state index contributed by atoms with van der Waals surface area (Å²) in [6.45, 7) is 1.77. The topological polar surface area (TPSA) is 45.8 Å². The van der Waals surface area contributed by atoms with Crippen LogP contribution in [-0.4, -0.2) is 9.97 Å². The largest absolute Gasteiger partial charge is 0.320 e. The standard InChI is InChI=1S/C9H8N2O.H2/c1-6-5-8-7(11-9(6)12)3-2-4-10-8;/h2-5H,1H3,(H,11,12);1H. The number of fused-ring (bicyclic) bond motifs is 1. The molecule has 0 aliphatic heterocycles. The molecule has 2 aromatic heterocycles. The number of hydrogen-bond acceptors (Lipinski definition) is 2. The first-order valence-electron chi connectivity index (χ1n) is 3.72. The summed E-state index contributed by atoms with van der Waals surface area (Å²) in [5.41, 5.74) is 2.26. The van der Waals surface area contributed by atoms with E-state index in [0.717, 1.165) is 11.0 Å². The van der Waals surface area contributed by atoms with Crippen molar-refractivity contribution in [2.24, 2.45) is 0 Å². The first kappa shape index (κ1) is 7.03. The summed E-state index contributed by atoms with van der Waals surface area (Å²) in [7, 11) is 0. The fraction of sp³-hybridized carbons (Fsp3) is 0.111. The Balaban J connectivity index is 0.000000845. The van der Waals surface area contributed by atoms with Gasteiger partial charge in [0.05, 0.1) is 11.0 Å². The van der Waals surface area contributed by atoms with Gasteiger partial charge in [-0.25, -0.2) is 0 Å². The molecule has 12 heavy (non-hydrogen) atoms. The van der Waals surface area contributed by atoms with Crippen molar-refractivity contribution in [1.29, 1.82) is 0 Å². The van der Waals surface area contributed by atoms with Crippen molar-refractivity contribution >= 4 is 11.0 Å². The van der Waals surface area contributed by atoms with E-state index in [4.69, 9.17) is 0 Å². The van der Waals surface area contributed by atoms with Crippen molar-refractivity contribution in [2.45, 2.75) is 6.92 Å². The zero-order valence-corrected chi connectivity index (χ0v) is 6.66. The second kappa shape index (κ2) is 2.44. The molecule has 0 aromatic carbocycles. The van der Waals surface area contributed by atoms with Gasteiger partial charge in [0.2, 0.25) is 0 Å². The molecule has 0 amide bonds. The van der Waals surface area contributed by atoms with Crippen molar-refractivity contribution in [1.82, 2.24) is 9.97 Å². The first-order valence-corrected chi connectivity index (χ1v) is 3.72. The number of pyridine rings is 2. The Morgan fingerprint density at radius 1 is 1.58 bits per heavy atom. The van der Waals surface area contributed by atoms with Crippen LogP contribution < -0.4 is 5.56 Å². The van der Waals surface area contributed by atoms with Crippen LogP contribution in [0.5, 0.6) is 0 Å². The van der Waals surface area contributed by atoms with Gasteiger partial charge in [-0.1, -0.05) is 0 Å². The van der Waals surface area contributed by atoms with Gasteiger partial charge in [0.25, 0.3) is 5.56 Å². The van der Waals surface area contributed by atoms with Gasteiger partial charge in [0.15, 0.2) is 0 Å². The van der Waals surface area contributed by atoms with Crippen LogP contribution in [0.3, 0.4) is 0 Å². The Morgan fingerprint density at radius 2 is 2.42 bits per heavy atom. The normalized spacial score (nSPS) is 10.4. The van der Waals surface area contributed by atoms with Crippen molar-refractivity contribution in [3.63, 3.8) is 0 Å². The molecule has 0 spiro atoms. The molecule has 3 heteroatoms. The number of aromatic amines is 1. The van der Waals surface area contributed by atoms with Crippen LogP contribution in [-0.2, 0) is 0 Å². The number of hydrogen-bond donors (Lipinski definition) is 1. The zero-order valence-electron chi connectivity index (χ0n) is 6.66. The number of aryl methyl sites for hydroxylation is 1. The van der Waals surface area contributed by atoms with Crippen molar-refractivity contribution < 1.29 is 1.43 Å². The molecule has 2 aromatic rings. The van der Waals surface area contributed by atoms with Gasteiger partial charge in [-0.2, -0.15) is 0 Å². The number of aromatic nitrogens is 2. The smallest absolute Gasteiger partial charge is 0.251 e. The number of nitrogens with zero attached hydrogens (tertiary/aromatic N) is 1. The lowest BCUT2D eigenvalue weighted by Gasteiger charge is -1.96. The fourth-order valence-electron chi connectivity index (χ4n) is 1.13. The molecule has 2 rings (SSSR count). The molecule has 0 unspecified atom stereocenters. The van der Waals surface area contributed by atoms with Crippen molar-refractivity contribution in [3.8, 4) is 0 Å². The predicted octanol–water partition coefficient (Wildman–Crippen LogP) is 1.48. The quantitative estimate of drug-likeness (QED) is 0.637. The monoisotopic (exact) mass is 162 g/mol. The van der Waals surface area contributed by atoms with Crippen LogP contribution in [0.15, 0.2) is 29.2 Å². The van der Waals surface area contributed by atoms with Gasteiger partial charge in [-0.05, 0) is 25.1 Å². The highest BCUT2D eigenvalue weighted by molar-refractivity contribution is 5.73. The Bertz CT molecular complexity index is 478. The van der Waals surface area contributed by atoms with Gasteiger partial charge in [-0.3, -0.25) is 9.78 Å². The lowest BCUT2D eigenvalue weighted by molar-refractivity contribution is 1.21. The minimum atomic E-state index is -0.0458. The van der Waals surface area contributed by atoms with E-state index in [-0.39, 0.29) is 6.99 Å². The average molecular weight is 162 g/mol. The van der Waals surface area contributed by atoms with E-state index < -0.39 is 0 Å². The summed E-state index contributed by atoms with van der Waals surface area (Å²) in [6, 6.07) is 5.42. The van der Waals surface area contributed by atoms with Crippen LogP contribution in [0.2, 0.25) is 0 Å². The van der Waals surface area contributed by atoms with Crippen LogP contribution >= 0.6 is 0 Å². The molecule has 1 N–H and O–H groups in total.